The second-order valence-corrected chi connectivity index (χ2v) is 7.61. The summed E-state index contributed by atoms with van der Waals surface area (Å²) < 4.78 is 31.6. The molecule has 0 unspecified atom stereocenters. The third kappa shape index (κ3) is 4.26. The lowest BCUT2D eigenvalue weighted by Crippen LogP contribution is -2.37. The molecule has 0 saturated carbocycles. The van der Waals surface area contributed by atoms with E-state index in [-0.39, 0.29) is 17.5 Å². The molecular weight excluding hydrogens is 386 g/mol. The number of halogens is 2. The van der Waals surface area contributed by atoms with Crippen LogP contribution in [0.4, 0.5) is 14.5 Å². The predicted octanol–water partition coefficient (Wildman–Crippen LogP) is 3.93. The minimum atomic E-state index is -0.978. The molecule has 9 heteroatoms. The van der Waals surface area contributed by atoms with Crippen molar-refractivity contribution in [1.29, 1.82) is 0 Å². The fourth-order valence-electron chi connectivity index (χ4n) is 3.19. The predicted molar refractivity (Wildman–Crippen MR) is 101 cm³/mol. The van der Waals surface area contributed by atoms with Gasteiger partial charge in [-0.05, 0) is 49.5 Å². The van der Waals surface area contributed by atoms with Gasteiger partial charge in [-0.1, -0.05) is 11.2 Å². The van der Waals surface area contributed by atoms with Gasteiger partial charge in [-0.2, -0.15) is 4.98 Å². The molecule has 0 aliphatic carbocycles. The second-order valence-electron chi connectivity index (χ2n) is 6.66. The van der Waals surface area contributed by atoms with Crippen LogP contribution in [0, 0.1) is 17.6 Å². The Morgan fingerprint density at radius 3 is 2.79 bits per heavy atom. The Bertz CT molecular complexity index is 953. The molecule has 0 radical (unpaired) electrons. The van der Waals surface area contributed by atoms with E-state index < -0.39 is 11.6 Å². The largest absolute Gasteiger partial charge is 0.338 e. The maximum absolute atomic E-state index is 13.3. The van der Waals surface area contributed by atoms with E-state index in [2.05, 4.69) is 20.4 Å². The first kappa shape index (κ1) is 18.7. The van der Waals surface area contributed by atoms with Crippen molar-refractivity contribution in [3.05, 3.63) is 53.2 Å². The van der Waals surface area contributed by atoms with Crippen LogP contribution in [0.1, 0.15) is 18.7 Å². The molecule has 1 aliphatic rings. The highest BCUT2D eigenvalue weighted by molar-refractivity contribution is 7.13. The van der Waals surface area contributed by atoms with E-state index in [0.717, 1.165) is 17.0 Å². The second kappa shape index (κ2) is 8.15. The molecule has 3 aromatic rings. The standard InChI is InChI=1S/C19H18F2N4O2S/c20-14-4-3-13(10-15(14)21)22-19(26)12-5-7-25(8-6-12)11-17-23-18(24-27-17)16-2-1-9-28-16/h1-4,9-10,12H,5-8,11H2,(H,22,26). The van der Waals surface area contributed by atoms with E-state index >= 15 is 0 Å². The molecule has 1 fully saturated rings. The number of aromatic nitrogens is 2. The van der Waals surface area contributed by atoms with Gasteiger partial charge < -0.3 is 9.84 Å². The Hall–Kier alpha value is -2.65. The molecule has 1 aliphatic heterocycles. The smallest absolute Gasteiger partial charge is 0.241 e. The summed E-state index contributed by atoms with van der Waals surface area (Å²) in [4.78, 5) is 19.9. The van der Waals surface area contributed by atoms with E-state index in [4.69, 9.17) is 4.52 Å². The van der Waals surface area contributed by atoms with Gasteiger partial charge in [-0.3, -0.25) is 9.69 Å². The van der Waals surface area contributed by atoms with E-state index in [9.17, 15) is 13.6 Å². The number of rotatable bonds is 5. The highest BCUT2D eigenvalue weighted by Crippen LogP contribution is 2.24. The Morgan fingerprint density at radius 1 is 1.25 bits per heavy atom. The van der Waals surface area contributed by atoms with Crippen LogP contribution >= 0.6 is 11.3 Å². The molecule has 1 N–H and O–H groups in total. The third-order valence-corrected chi connectivity index (χ3v) is 5.58. The number of amides is 1. The molecular formula is C19H18F2N4O2S. The SMILES string of the molecule is O=C(Nc1ccc(F)c(F)c1)C1CCN(Cc2nc(-c3cccs3)no2)CC1. The number of hydrogen-bond donors (Lipinski definition) is 1. The topological polar surface area (TPSA) is 71.3 Å². The van der Waals surface area contributed by atoms with Crippen LogP contribution in [0.3, 0.4) is 0 Å². The lowest BCUT2D eigenvalue weighted by atomic mass is 9.96. The van der Waals surface area contributed by atoms with Gasteiger partial charge in [0.25, 0.3) is 0 Å². The van der Waals surface area contributed by atoms with E-state index in [1.807, 2.05) is 17.5 Å². The average molecular weight is 404 g/mol. The van der Waals surface area contributed by atoms with Gasteiger partial charge in [-0.25, -0.2) is 8.78 Å². The average Bonchev–Trinajstić information content (AvgIpc) is 3.37. The summed E-state index contributed by atoms with van der Waals surface area (Å²) in [7, 11) is 0. The number of carbonyl (C=O) groups excluding carboxylic acids is 1. The Kier molecular flexibility index (Phi) is 5.45. The summed E-state index contributed by atoms with van der Waals surface area (Å²) in [6.07, 6.45) is 1.34. The van der Waals surface area contributed by atoms with Crippen molar-refractivity contribution < 1.29 is 18.1 Å². The number of benzene rings is 1. The van der Waals surface area contributed by atoms with Crippen LogP contribution in [0.25, 0.3) is 10.7 Å². The molecule has 6 nitrogen and oxygen atoms in total. The van der Waals surface area contributed by atoms with Crippen molar-refractivity contribution in [1.82, 2.24) is 15.0 Å². The van der Waals surface area contributed by atoms with Crippen molar-refractivity contribution in [3.8, 4) is 10.7 Å². The highest BCUT2D eigenvalue weighted by atomic mass is 32.1. The summed E-state index contributed by atoms with van der Waals surface area (Å²) in [6, 6.07) is 7.22. The first-order chi connectivity index (χ1) is 13.6. The van der Waals surface area contributed by atoms with Crippen molar-refractivity contribution in [2.75, 3.05) is 18.4 Å². The van der Waals surface area contributed by atoms with Gasteiger partial charge in [0, 0.05) is 17.7 Å². The van der Waals surface area contributed by atoms with E-state index in [1.165, 1.54) is 6.07 Å². The Morgan fingerprint density at radius 2 is 2.07 bits per heavy atom. The lowest BCUT2D eigenvalue weighted by Gasteiger charge is -2.30. The summed E-state index contributed by atoms with van der Waals surface area (Å²) >= 11 is 1.55. The molecule has 1 aromatic carbocycles. The number of piperidine rings is 1. The zero-order valence-electron chi connectivity index (χ0n) is 14.9. The number of thiophene rings is 1. The molecule has 1 saturated heterocycles. The first-order valence-corrected chi connectivity index (χ1v) is 9.81. The van der Waals surface area contributed by atoms with E-state index in [1.54, 1.807) is 11.3 Å². The fourth-order valence-corrected chi connectivity index (χ4v) is 3.84. The summed E-state index contributed by atoms with van der Waals surface area (Å²) in [5.74, 6) is -1.13. The monoisotopic (exact) mass is 404 g/mol. The number of carbonyl (C=O) groups is 1. The molecule has 4 rings (SSSR count). The molecule has 3 heterocycles. The maximum atomic E-state index is 13.3. The number of anilines is 1. The van der Waals surface area contributed by atoms with Crippen molar-refractivity contribution in [2.24, 2.45) is 5.92 Å². The minimum Gasteiger partial charge on any atom is -0.338 e. The van der Waals surface area contributed by atoms with Gasteiger partial charge >= 0.3 is 0 Å². The number of nitrogens with one attached hydrogen (secondary N) is 1. The van der Waals surface area contributed by atoms with Crippen LogP contribution in [-0.2, 0) is 11.3 Å². The summed E-state index contributed by atoms with van der Waals surface area (Å²) in [6.45, 7) is 1.97. The van der Waals surface area contributed by atoms with Crippen molar-refractivity contribution in [3.63, 3.8) is 0 Å². The first-order valence-electron chi connectivity index (χ1n) is 8.93. The number of likely N-dealkylation sites (tertiary alicyclic amines) is 1. The van der Waals surface area contributed by atoms with Gasteiger partial charge in [0.05, 0.1) is 11.4 Å². The molecule has 146 valence electrons. The van der Waals surface area contributed by atoms with Gasteiger partial charge in [0.2, 0.25) is 17.6 Å². The minimum absolute atomic E-state index is 0.172. The Balaban J connectivity index is 1.28. The quantitative estimate of drug-likeness (QED) is 0.698. The lowest BCUT2D eigenvalue weighted by molar-refractivity contribution is -0.121. The summed E-state index contributed by atoms with van der Waals surface area (Å²) in [5, 5.41) is 8.62. The van der Waals surface area contributed by atoms with Crippen molar-refractivity contribution >= 4 is 22.9 Å². The zero-order chi connectivity index (χ0) is 19.5. The van der Waals surface area contributed by atoms with Crippen LogP contribution in [0.15, 0.2) is 40.2 Å². The van der Waals surface area contributed by atoms with Crippen molar-refractivity contribution in [2.45, 2.75) is 19.4 Å². The van der Waals surface area contributed by atoms with Crippen LogP contribution < -0.4 is 5.32 Å². The van der Waals surface area contributed by atoms with Gasteiger partial charge in [0.15, 0.2) is 11.6 Å². The van der Waals surface area contributed by atoms with Crippen LogP contribution in [0.5, 0.6) is 0 Å². The molecule has 0 spiro atoms. The molecule has 1 amide bonds. The summed E-state index contributed by atoms with van der Waals surface area (Å²) in [5.41, 5.74) is 0.262. The normalized spacial score (nSPS) is 15.6. The molecule has 28 heavy (non-hydrogen) atoms. The zero-order valence-corrected chi connectivity index (χ0v) is 15.7. The van der Waals surface area contributed by atoms with Gasteiger partial charge in [0.1, 0.15) is 0 Å². The van der Waals surface area contributed by atoms with Gasteiger partial charge in [-0.15, -0.1) is 11.3 Å². The van der Waals surface area contributed by atoms with E-state index in [0.29, 0.717) is 44.2 Å². The van der Waals surface area contributed by atoms with Crippen LogP contribution in [-0.4, -0.2) is 34.0 Å². The molecule has 0 bridgehead atoms. The molecule has 0 atom stereocenters. The number of hydrogen-bond acceptors (Lipinski definition) is 6. The third-order valence-electron chi connectivity index (χ3n) is 4.71. The fraction of sp³-hybridized carbons (Fsp3) is 0.316. The number of nitrogens with zero attached hydrogens (tertiary/aromatic N) is 3. The highest BCUT2D eigenvalue weighted by Gasteiger charge is 2.26. The molecule has 2 aromatic heterocycles. The van der Waals surface area contributed by atoms with Crippen LogP contribution in [0.2, 0.25) is 0 Å². The Labute approximate surface area is 164 Å². The maximum Gasteiger partial charge on any atom is 0.241 e.